The number of hydrogen-bond donors (Lipinski definition) is 0. The van der Waals surface area contributed by atoms with E-state index < -0.39 is 0 Å². The van der Waals surface area contributed by atoms with Crippen molar-refractivity contribution in [3.8, 4) is 0 Å². The van der Waals surface area contributed by atoms with E-state index in [0.717, 1.165) is 31.3 Å². The van der Waals surface area contributed by atoms with E-state index >= 15 is 0 Å². The van der Waals surface area contributed by atoms with Crippen LogP contribution < -0.4 is 0 Å². The summed E-state index contributed by atoms with van der Waals surface area (Å²) in [6.07, 6.45) is 6.36. The monoisotopic (exact) mass is 273 g/mol. The molecule has 0 bridgehead atoms. The van der Waals surface area contributed by atoms with E-state index in [2.05, 4.69) is 27.8 Å². The number of alkyl halides is 1. The predicted molar refractivity (Wildman–Crippen MR) is 65.0 cm³/mol. The maximum absolute atomic E-state index is 11.7. The van der Waals surface area contributed by atoms with E-state index in [1.165, 1.54) is 25.7 Å². The van der Waals surface area contributed by atoms with Gasteiger partial charge in [0.1, 0.15) is 0 Å². The normalized spacial score (nSPS) is 37.3. The Morgan fingerprint density at radius 2 is 2.20 bits per heavy atom. The maximum atomic E-state index is 11.7. The average Bonchev–Trinajstić information content (AvgIpc) is 2.50. The fraction of sp³-hybridized carbons (Fsp3) is 0.917. The Kier molecular flexibility index (Phi) is 3.70. The SMILES string of the molecule is CC1CCCC(CN2CCC(Br)C2=O)C1. The van der Waals surface area contributed by atoms with E-state index in [9.17, 15) is 4.79 Å². The van der Waals surface area contributed by atoms with Crippen LogP contribution in [0.4, 0.5) is 0 Å². The second kappa shape index (κ2) is 4.86. The Morgan fingerprint density at radius 3 is 2.80 bits per heavy atom. The van der Waals surface area contributed by atoms with E-state index in [0.29, 0.717) is 5.91 Å². The molecule has 0 aromatic rings. The summed E-state index contributed by atoms with van der Waals surface area (Å²) in [6.45, 7) is 4.30. The van der Waals surface area contributed by atoms with Crippen LogP contribution in [0.5, 0.6) is 0 Å². The van der Waals surface area contributed by atoms with Crippen LogP contribution in [0.2, 0.25) is 0 Å². The highest BCUT2D eigenvalue weighted by Crippen LogP contribution is 2.30. The summed E-state index contributed by atoms with van der Waals surface area (Å²) < 4.78 is 0. The number of nitrogens with zero attached hydrogens (tertiary/aromatic N) is 1. The second-order valence-corrected chi connectivity index (χ2v) is 6.28. The summed E-state index contributed by atoms with van der Waals surface area (Å²) in [5, 5.41) is 0. The topological polar surface area (TPSA) is 20.3 Å². The molecule has 0 aromatic carbocycles. The smallest absolute Gasteiger partial charge is 0.236 e. The molecule has 1 amide bonds. The minimum atomic E-state index is 0.0958. The molecule has 1 saturated heterocycles. The van der Waals surface area contributed by atoms with E-state index in [4.69, 9.17) is 0 Å². The lowest BCUT2D eigenvalue weighted by molar-refractivity contribution is -0.127. The first-order valence-electron chi connectivity index (χ1n) is 6.09. The van der Waals surface area contributed by atoms with Gasteiger partial charge < -0.3 is 4.90 Å². The number of likely N-dealkylation sites (tertiary alicyclic amines) is 1. The summed E-state index contributed by atoms with van der Waals surface area (Å²) in [4.78, 5) is 13.9. The van der Waals surface area contributed by atoms with Crippen molar-refractivity contribution < 1.29 is 4.79 Å². The number of amides is 1. The summed E-state index contributed by atoms with van der Waals surface area (Å²) in [6, 6.07) is 0. The molecule has 1 aliphatic carbocycles. The average molecular weight is 274 g/mol. The Morgan fingerprint density at radius 1 is 1.40 bits per heavy atom. The molecule has 3 unspecified atom stereocenters. The van der Waals surface area contributed by atoms with Crippen LogP contribution >= 0.6 is 15.9 Å². The first-order chi connectivity index (χ1) is 7.16. The Hall–Kier alpha value is -0.0500. The third-order valence-electron chi connectivity index (χ3n) is 3.76. The molecule has 15 heavy (non-hydrogen) atoms. The van der Waals surface area contributed by atoms with Crippen molar-refractivity contribution >= 4 is 21.8 Å². The standard InChI is InChI=1S/C12H20BrNO/c1-9-3-2-4-10(7-9)8-14-6-5-11(13)12(14)15/h9-11H,2-8H2,1H3. The highest BCUT2D eigenvalue weighted by molar-refractivity contribution is 9.10. The molecule has 0 aromatic heterocycles. The van der Waals surface area contributed by atoms with E-state index in [1.807, 2.05) is 0 Å². The van der Waals surface area contributed by atoms with Crippen LogP contribution in [-0.4, -0.2) is 28.7 Å². The van der Waals surface area contributed by atoms with Gasteiger partial charge in [-0.1, -0.05) is 35.7 Å². The van der Waals surface area contributed by atoms with E-state index in [-0.39, 0.29) is 4.83 Å². The molecule has 1 saturated carbocycles. The van der Waals surface area contributed by atoms with Gasteiger partial charge in [-0.2, -0.15) is 0 Å². The molecular weight excluding hydrogens is 254 g/mol. The highest BCUT2D eigenvalue weighted by Gasteiger charge is 2.31. The zero-order valence-electron chi connectivity index (χ0n) is 9.42. The van der Waals surface area contributed by atoms with Gasteiger partial charge in [-0.25, -0.2) is 0 Å². The molecular formula is C12H20BrNO. The number of halogens is 1. The summed E-state index contributed by atoms with van der Waals surface area (Å²) >= 11 is 3.43. The first kappa shape index (κ1) is 11.4. The molecule has 0 radical (unpaired) electrons. The largest absolute Gasteiger partial charge is 0.341 e. The lowest BCUT2D eigenvalue weighted by Crippen LogP contribution is -2.34. The summed E-state index contributed by atoms with van der Waals surface area (Å²) in [5.41, 5.74) is 0. The number of hydrogen-bond acceptors (Lipinski definition) is 1. The lowest BCUT2D eigenvalue weighted by Gasteiger charge is -2.30. The van der Waals surface area contributed by atoms with Gasteiger partial charge in [0.05, 0.1) is 4.83 Å². The minimum Gasteiger partial charge on any atom is -0.341 e. The number of rotatable bonds is 2. The summed E-state index contributed by atoms with van der Waals surface area (Å²) in [5.74, 6) is 1.94. The van der Waals surface area contributed by atoms with Crippen LogP contribution in [0.3, 0.4) is 0 Å². The molecule has 2 nitrogen and oxygen atoms in total. The van der Waals surface area contributed by atoms with Crippen molar-refractivity contribution in [3.05, 3.63) is 0 Å². The zero-order valence-corrected chi connectivity index (χ0v) is 11.0. The van der Waals surface area contributed by atoms with Gasteiger partial charge in [0.25, 0.3) is 0 Å². The Balaban J connectivity index is 1.83. The van der Waals surface area contributed by atoms with Crippen molar-refractivity contribution in [1.29, 1.82) is 0 Å². The molecule has 0 spiro atoms. The second-order valence-electron chi connectivity index (χ2n) is 5.18. The first-order valence-corrected chi connectivity index (χ1v) is 7.01. The van der Waals surface area contributed by atoms with Crippen LogP contribution in [0, 0.1) is 11.8 Å². The van der Waals surface area contributed by atoms with Crippen molar-refractivity contribution in [1.82, 2.24) is 4.90 Å². The third kappa shape index (κ3) is 2.74. The van der Waals surface area contributed by atoms with Crippen LogP contribution in [0.25, 0.3) is 0 Å². The molecule has 1 heterocycles. The maximum Gasteiger partial charge on any atom is 0.236 e. The summed E-state index contributed by atoms with van der Waals surface area (Å²) in [7, 11) is 0. The predicted octanol–water partition coefficient (Wildman–Crippen LogP) is 2.81. The quantitative estimate of drug-likeness (QED) is 0.709. The van der Waals surface area contributed by atoms with Crippen molar-refractivity contribution in [2.45, 2.75) is 43.9 Å². The fourth-order valence-corrected chi connectivity index (χ4v) is 3.41. The van der Waals surface area contributed by atoms with Crippen LogP contribution in [0.1, 0.15) is 39.0 Å². The Bertz CT molecular complexity index is 244. The highest BCUT2D eigenvalue weighted by atomic mass is 79.9. The lowest BCUT2D eigenvalue weighted by atomic mass is 9.82. The van der Waals surface area contributed by atoms with Gasteiger partial charge in [0.15, 0.2) is 0 Å². The molecule has 2 fully saturated rings. The minimum absolute atomic E-state index is 0.0958. The number of carbonyl (C=O) groups is 1. The van der Waals surface area contributed by atoms with Gasteiger partial charge in [-0.15, -0.1) is 0 Å². The third-order valence-corrected chi connectivity index (χ3v) is 4.61. The molecule has 2 aliphatic rings. The van der Waals surface area contributed by atoms with Gasteiger partial charge in [-0.3, -0.25) is 4.79 Å². The molecule has 0 N–H and O–H groups in total. The van der Waals surface area contributed by atoms with Crippen LogP contribution in [-0.2, 0) is 4.79 Å². The molecule has 2 rings (SSSR count). The van der Waals surface area contributed by atoms with Crippen molar-refractivity contribution in [2.24, 2.45) is 11.8 Å². The molecule has 1 aliphatic heterocycles. The molecule has 3 heteroatoms. The molecule has 3 atom stereocenters. The number of carbonyl (C=O) groups excluding carboxylic acids is 1. The van der Waals surface area contributed by atoms with Crippen molar-refractivity contribution in [3.63, 3.8) is 0 Å². The van der Waals surface area contributed by atoms with Gasteiger partial charge in [0.2, 0.25) is 5.91 Å². The zero-order chi connectivity index (χ0) is 10.8. The molecule has 86 valence electrons. The van der Waals surface area contributed by atoms with E-state index in [1.54, 1.807) is 0 Å². The fourth-order valence-electron chi connectivity index (χ4n) is 2.92. The van der Waals surface area contributed by atoms with Gasteiger partial charge >= 0.3 is 0 Å². The van der Waals surface area contributed by atoms with Crippen molar-refractivity contribution in [2.75, 3.05) is 13.1 Å². The van der Waals surface area contributed by atoms with Crippen LogP contribution in [0.15, 0.2) is 0 Å². The van der Waals surface area contributed by atoms with Gasteiger partial charge in [0, 0.05) is 13.1 Å². The Labute approximate surface area is 101 Å². The van der Waals surface area contributed by atoms with Gasteiger partial charge in [-0.05, 0) is 31.1 Å².